The number of fused-ring (bicyclic) bond motifs is 1. The highest BCUT2D eigenvalue weighted by molar-refractivity contribution is 5.76. The number of hydrogen-bond donors (Lipinski definition) is 0. The second-order valence-electron chi connectivity index (χ2n) is 6.84. The van der Waals surface area contributed by atoms with Gasteiger partial charge in [0.1, 0.15) is 18.1 Å². The third kappa shape index (κ3) is 4.25. The molecule has 2 aromatic rings. The first-order valence-corrected chi connectivity index (χ1v) is 8.57. The monoisotopic (exact) mass is 361 g/mol. The number of carbonyl (C=O) groups excluding carboxylic acids is 1. The predicted octanol–water partition coefficient (Wildman–Crippen LogP) is 1.16. The van der Waals surface area contributed by atoms with Gasteiger partial charge in [-0.3, -0.25) is 14.4 Å². The normalized spacial score (nSPS) is 17.2. The molecule has 0 bridgehead atoms. The van der Waals surface area contributed by atoms with Crippen LogP contribution < -0.4 is 0 Å². The Morgan fingerprint density at radius 1 is 1.35 bits per heavy atom. The number of aromatic nitrogens is 3. The summed E-state index contributed by atoms with van der Waals surface area (Å²) < 4.78 is 20.5. The number of benzene rings is 1. The summed E-state index contributed by atoms with van der Waals surface area (Å²) in [6.45, 7) is 2.63. The van der Waals surface area contributed by atoms with Crippen molar-refractivity contribution in [2.75, 3.05) is 33.9 Å². The largest absolute Gasteiger partial charge is 0.371 e. The van der Waals surface area contributed by atoms with Crippen molar-refractivity contribution in [2.24, 2.45) is 7.05 Å². The molecule has 7 nitrogen and oxygen atoms in total. The van der Waals surface area contributed by atoms with Crippen LogP contribution >= 0.6 is 0 Å². The molecule has 1 aliphatic rings. The SMILES string of the molecule is CN(C)C(=O)COC[C@@H]1CN(Cc2ccc(F)cc2)Cc2nnn(C)c21. The van der Waals surface area contributed by atoms with Gasteiger partial charge in [-0.05, 0) is 17.7 Å². The zero-order valence-electron chi connectivity index (χ0n) is 15.4. The van der Waals surface area contributed by atoms with Crippen LogP contribution in [0, 0.1) is 5.82 Å². The first-order chi connectivity index (χ1) is 12.4. The fourth-order valence-electron chi connectivity index (χ4n) is 3.21. The summed E-state index contributed by atoms with van der Waals surface area (Å²) in [5.41, 5.74) is 3.02. The summed E-state index contributed by atoms with van der Waals surface area (Å²) in [5, 5.41) is 8.40. The molecule has 0 aliphatic carbocycles. The standard InChI is InChI=1S/C18H24FN5O2/c1-22(2)17(25)12-26-11-14-9-24(8-13-4-6-15(19)7-5-13)10-16-18(14)23(3)21-20-16/h4-7,14H,8-12H2,1-3H3/t14-/m0/s1. The summed E-state index contributed by atoms with van der Waals surface area (Å²) in [7, 11) is 5.29. The van der Waals surface area contributed by atoms with Gasteiger partial charge in [0.05, 0.1) is 12.3 Å². The van der Waals surface area contributed by atoms with Crippen molar-refractivity contribution in [3.05, 3.63) is 47.0 Å². The number of halogens is 1. The second-order valence-corrected chi connectivity index (χ2v) is 6.84. The van der Waals surface area contributed by atoms with Crippen molar-refractivity contribution in [2.45, 2.75) is 19.0 Å². The Bertz CT molecular complexity index is 759. The fourth-order valence-corrected chi connectivity index (χ4v) is 3.21. The molecule has 1 aromatic carbocycles. The second kappa shape index (κ2) is 7.92. The van der Waals surface area contributed by atoms with Crippen molar-refractivity contribution >= 4 is 5.91 Å². The lowest BCUT2D eigenvalue weighted by Gasteiger charge is -2.32. The number of nitrogens with zero attached hydrogens (tertiary/aromatic N) is 5. The molecule has 1 atom stereocenters. The highest BCUT2D eigenvalue weighted by Gasteiger charge is 2.30. The van der Waals surface area contributed by atoms with Crippen molar-refractivity contribution in [3.8, 4) is 0 Å². The van der Waals surface area contributed by atoms with Gasteiger partial charge in [-0.15, -0.1) is 5.10 Å². The van der Waals surface area contributed by atoms with Crippen LogP contribution in [0.5, 0.6) is 0 Å². The Balaban J connectivity index is 1.68. The zero-order chi connectivity index (χ0) is 18.7. The summed E-state index contributed by atoms with van der Waals surface area (Å²) in [4.78, 5) is 15.5. The molecule has 140 valence electrons. The zero-order valence-corrected chi connectivity index (χ0v) is 15.4. The maximum Gasteiger partial charge on any atom is 0.248 e. The smallest absolute Gasteiger partial charge is 0.248 e. The summed E-state index contributed by atoms with van der Waals surface area (Å²) in [6.07, 6.45) is 0. The number of amides is 1. The van der Waals surface area contributed by atoms with E-state index in [1.54, 1.807) is 30.9 Å². The van der Waals surface area contributed by atoms with E-state index in [1.165, 1.54) is 17.0 Å². The Hall–Kier alpha value is -2.32. The average molecular weight is 361 g/mol. The van der Waals surface area contributed by atoms with E-state index in [4.69, 9.17) is 4.74 Å². The molecule has 1 aromatic heterocycles. The minimum absolute atomic E-state index is 0.0576. The van der Waals surface area contributed by atoms with Gasteiger partial charge in [-0.1, -0.05) is 17.3 Å². The van der Waals surface area contributed by atoms with E-state index < -0.39 is 0 Å². The number of aryl methyl sites for hydroxylation is 1. The molecule has 3 rings (SSSR count). The van der Waals surface area contributed by atoms with Crippen molar-refractivity contribution in [1.82, 2.24) is 24.8 Å². The van der Waals surface area contributed by atoms with Crippen LogP contribution in [0.1, 0.15) is 22.9 Å². The Morgan fingerprint density at radius 2 is 2.08 bits per heavy atom. The van der Waals surface area contributed by atoms with Gasteiger partial charge < -0.3 is 9.64 Å². The summed E-state index contributed by atoms with van der Waals surface area (Å²) >= 11 is 0. The molecule has 26 heavy (non-hydrogen) atoms. The molecule has 0 fully saturated rings. The maximum absolute atomic E-state index is 13.1. The number of hydrogen-bond acceptors (Lipinski definition) is 5. The molecule has 0 saturated carbocycles. The topological polar surface area (TPSA) is 63.5 Å². The van der Waals surface area contributed by atoms with E-state index in [0.717, 1.165) is 23.5 Å². The lowest BCUT2D eigenvalue weighted by atomic mass is 9.98. The van der Waals surface area contributed by atoms with Crippen LogP contribution in [0.4, 0.5) is 4.39 Å². The van der Waals surface area contributed by atoms with Gasteiger partial charge >= 0.3 is 0 Å². The Morgan fingerprint density at radius 3 is 2.77 bits per heavy atom. The van der Waals surface area contributed by atoms with Crippen LogP contribution in [0.25, 0.3) is 0 Å². The van der Waals surface area contributed by atoms with Crippen molar-refractivity contribution in [1.29, 1.82) is 0 Å². The molecule has 0 unspecified atom stereocenters. The molecule has 2 heterocycles. The van der Waals surface area contributed by atoms with Crippen LogP contribution in [0.2, 0.25) is 0 Å². The van der Waals surface area contributed by atoms with Crippen LogP contribution in [-0.4, -0.2) is 64.6 Å². The first-order valence-electron chi connectivity index (χ1n) is 8.57. The van der Waals surface area contributed by atoms with Gasteiger partial charge in [-0.2, -0.15) is 0 Å². The van der Waals surface area contributed by atoms with Crippen molar-refractivity contribution < 1.29 is 13.9 Å². The average Bonchev–Trinajstić information content (AvgIpc) is 2.98. The van der Waals surface area contributed by atoms with Gasteiger partial charge in [0.15, 0.2) is 0 Å². The third-order valence-electron chi connectivity index (χ3n) is 4.55. The van der Waals surface area contributed by atoms with Crippen LogP contribution in [-0.2, 0) is 29.7 Å². The minimum atomic E-state index is -0.236. The lowest BCUT2D eigenvalue weighted by Crippen LogP contribution is -2.36. The quantitative estimate of drug-likeness (QED) is 0.773. The fraction of sp³-hybridized carbons (Fsp3) is 0.500. The van der Waals surface area contributed by atoms with Gasteiger partial charge in [0, 0.05) is 46.7 Å². The number of carbonyl (C=O) groups is 1. The number of rotatable bonds is 6. The Kier molecular flexibility index (Phi) is 5.63. The minimum Gasteiger partial charge on any atom is -0.371 e. The first kappa shape index (κ1) is 18.5. The lowest BCUT2D eigenvalue weighted by molar-refractivity contribution is -0.133. The highest BCUT2D eigenvalue weighted by Crippen LogP contribution is 2.27. The maximum atomic E-state index is 13.1. The third-order valence-corrected chi connectivity index (χ3v) is 4.55. The molecule has 8 heteroatoms. The highest BCUT2D eigenvalue weighted by atomic mass is 19.1. The van der Waals surface area contributed by atoms with E-state index in [1.807, 2.05) is 7.05 Å². The number of ether oxygens (including phenoxy) is 1. The summed E-state index contributed by atoms with van der Waals surface area (Å²) in [6, 6.07) is 6.53. The van der Waals surface area contributed by atoms with Crippen LogP contribution in [0.3, 0.4) is 0 Å². The van der Waals surface area contributed by atoms with E-state index in [9.17, 15) is 9.18 Å². The number of likely N-dealkylation sites (N-methyl/N-ethyl adjacent to an activating group) is 1. The van der Waals surface area contributed by atoms with Crippen LogP contribution in [0.15, 0.2) is 24.3 Å². The Labute approximate surface area is 152 Å². The van der Waals surface area contributed by atoms with Gasteiger partial charge in [-0.25, -0.2) is 4.39 Å². The summed E-state index contributed by atoms with van der Waals surface area (Å²) in [5.74, 6) is -0.220. The van der Waals surface area contributed by atoms with E-state index in [2.05, 4.69) is 15.2 Å². The predicted molar refractivity (Wildman–Crippen MR) is 93.8 cm³/mol. The molecule has 0 radical (unpaired) electrons. The van der Waals surface area contributed by atoms with Gasteiger partial charge in [0.25, 0.3) is 0 Å². The van der Waals surface area contributed by atoms with E-state index in [-0.39, 0.29) is 24.2 Å². The molecule has 1 aliphatic heterocycles. The van der Waals surface area contributed by atoms with E-state index >= 15 is 0 Å². The molecular formula is C18H24FN5O2. The molecular weight excluding hydrogens is 337 g/mol. The molecule has 0 saturated heterocycles. The molecule has 0 spiro atoms. The van der Waals surface area contributed by atoms with Crippen molar-refractivity contribution in [3.63, 3.8) is 0 Å². The molecule has 1 amide bonds. The van der Waals surface area contributed by atoms with E-state index in [0.29, 0.717) is 19.7 Å². The van der Waals surface area contributed by atoms with Gasteiger partial charge in [0.2, 0.25) is 5.91 Å². The molecule has 0 N–H and O–H groups in total.